The van der Waals surface area contributed by atoms with Gasteiger partial charge in [-0.3, -0.25) is 4.90 Å². The van der Waals surface area contributed by atoms with E-state index in [0.29, 0.717) is 6.04 Å². The van der Waals surface area contributed by atoms with Crippen LogP contribution in [0.3, 0.4) is 0 Å². The zero-order chi connectivity index (χ0) is 11.1. The first-order chi connectivity index (χ1) is 7.27. The summed E-state index contributed by atoms with van der Waals surface area (Å²) < 4.78 is 0. The summed E-state index contributed by atoms with van der Waals surface area (Å²) in [5, 5.41) is 2.10. The Morgan fingerprint density at radius 2 is 2.40 bits per heavy atom. The second-order valence-electron chi connectivity index (χ2n) is 3.93. The number of rotatable bonds is 7. The first-order valence-electron chi connectivity index (χ1n) is 5.55. The molecule has 0 aliphatic heterocycles. The molecule has 4 heteroatoms. The van der Waals surface area contributed by atoms with Gasteiger partial charge in [0.25, 0.3) is 0 Å². The number of likely N-dealkylation sites (N-methyl/N-ethyl adjacent to an activating group) is 1. The van der Waals surface area contributed by atoms with Gasteiger partial charge in [0.2, 0.25) is 0 Å². The van der Waals surface area contributed by atoms with Gasteiger partial charge in [0, 0.05) is 24.5 Å². The lowest BCUT2D eigenvalue weighted by atomic mass is 10.1. The number of hydrogen-bond acceptors (Lipinski definition) is 4. The highest BCUT2D eigenvalue weighted by Crippen LogP contribution is 2.10. The van der Waals surface area contributed by atoms with Crippen molar-refractivity contribution in [2.24, 2.45) is 5.73 Å². The fourth-order valence-corrected chi connectivity index (χ4v) is 2.21. The van der Waals surface area contributed by atoms with Crippen LogP contribution in [0.15, 0.2) is 10.9 Å². The average Bonchev–Trinajstić information content (AvgIpc) is 2.71. The number of hydrogen-bond donors (Lipinski definition) is 1. The van der Waals surface area contributed by atoms with Crippen molar-refractivity contribution in [3.8, 4) is 0 Å². The van der Waals surface area contributed by atoms with Gasteiger partial charge in [-0.05, 0) is 13.5 Å². The van der Waals surface area contributed by atoms with Crippen LogP contribution in [0.2, 0.25) is 0 Å². The maximum Gasteiger partial charge on any atom is 0.0795 e. The third-order valence-electron chi connectivity index (χ3n) is 2.68. The van der Waals surface area contributed by atoms with E-state index in [1.165, 1.54) is 19.3 Å². The molecule has 0 amide bonds. The van der Waals surface area contributed by atoms with Gasteiger partial charge in [-0.1, -0.05) is 19.8 Å². The minimum atomic E-state index is 0.492. The molecule has 1 atom stereocenters. The van der Waals surface area contributed by atoms with E-state index in [0.717, 1.165) is 18.8 Å². The van der Waals surface area contributed by atoms with Crippen LogP contribution in [-0.4, -0.2) is 29.5 Å². The molecule has 0 saturated heterocycles. The Morgan fingerprint density at radius 3 is 2.93 bits per heavy atom. The molecule has 0 saturated carbocycles. The molecule has 1 heterocycles. The van der Waals surface area contributed by atoms with Crippen molar-refractivity contribution in [3.05, 3.63) is 16.6 Å². The van der Waals surface area contributed by atoms with Gasteiger partial charge in [0.1, 0.15) is 0 Å². The molecule has 0 spiro atoms. The van der Waals surface area contributed by atoms with E-state index in [-0.39, 0.29) is 0 Å². The predicted octanol–water partition coefficient (Wildman–Crippen LogP) is 2.09. The van der Waals surface area contributed by atoms with E-state index in [9.17, 15) is 0 Å². The second-order valence-corrected chi connectivity index (χ2v) is 4.65. The van der Waals surface area contributed by atoms with Crippen LogP contribution in [0.25, 0.3) is 0 Å². The van der Waals surface area contributed by atoms with Crippen molar-refractivity contribution in [2.45, 2.75) is 38.8 Å². The Kier molecular flexibility index (Phi) is 5.83. The minimum Gasteiger partial charge on any atom is -0.329 e. The molecule has 1 rings (SSSR count). The Labute approximate surface area is 96.3 Å². The van der Waals surface area contributed by atoms with Crippen LogP contribution in [0.1, 0.15) is 31.9 Å². The Balaban J connectivity index is 2.39. The van der Waals surface area contributed by atoms with Crippen LogP contribution < -0.4 is 5.73 Å². The van der Waals surface area contributed by atoms with Crippen molar-refractivity contribution < 1.29 is 0 Å². The molecular formula is C11H21N3S. The summed E-state index contributed by atoms with van der Waals surface area (Å²) >= 11 is 1.65. The van der Waals surface area contributed by atoms with Crippen molar-refractivity contribution in [1.82, 2.24) is 9.88 Å². The third kappa shape index (κ3) is 4.28. The van der Waals surface area contributed by atoms with Gasteiger partial charge >= 0.3 is 0 Å². The number of thiazole rings is 1. The molecule has 1 aromatic rings. The minimum absolute atomic E-state index is 0.492. The first-order valence-corrected chi connectivity index (χ1v) is 6.49. The maximum absolute atomic E-state index is 5.78. The third-order valence-corrected chi connectivity index (χ3v) is 3.32. The van der Waals surface area contributed by atoms with Gasteiger partial charge in [0.05, 0.1) is 11.2 Å². The highest BCUT2D eigenvalue weighted by atomic mass is 32.1. The first kappa shape index (κ1) is 12.6. The molecule has 0 radical (unpaired) electrons. The molecule has 15 heavy (non-hydrogen) atoms. The van der Waals surface area contributed by atoms with Gasteiger partial charge < -0.3 is 5.73 Å². The standard InChI is InChI=1S/C11H21N3S/c1-3-4-5-11(6-12)14(2)7-10-8-15-9-13-10/h8-9,11H,3-7,12H2,1-2H3. The van der Waals surface area contributed by atoms with Gasteiger partial charge in [-0.15, -0.1) is 11.3 Å². The molecule has 1 unspecified atom stereocenters. The molecule has 1 aromatic heterocycles. The van der Waals surface area contributed by atoms with Crippen molar-refractivity contribution >= 4 is 11.3 Å². The number of nitrogens with two attached hydrogens (primary N) is 1. The molecule has 86 valence electrons. The van der Waals surface area contributed by atoms with Crippen molar-refractivity contribution in [3.63, 3.8) is 0 Å². The Morgan fingerprint density at radius 1 is 1.60 bits per heavy atom. The summed E-state index contributed by atoms with van der Waals surface area (Å²) in [6, 6.07) is 0.492. The SMILES string of the molecule is CCCCC(CN)N(C)Cc1cscn1. The molecule has 0 fully saturated rings. The topological polar surface area (TPSA) is 42.1 Å². The largest absolute Gasteiger partial charge is 0.329 e. The summed E-state index contributed by atoms with van der Waals surface area (Å²) in [5.74, 6) is 0. The van der Waals surface area contributed by atoms with E-state index in [2.05, 4.69) is 29.2 Å². The summed E-state index contributed by atoms with van der Waals surface area (Å²) in [7, 11) is 2.13. The van der Waals surface area contributed by atoms with Crippen LogP contribution >= 0.6 is 11.3 Å². The quantitative estimate of drug-likeness (QED) is 0.775. The van der Waals surface area contributed by atoms with Gasteiger partial charge in [0.15, 0.2) is 0 Å². The van der Waals surface area contributed by atoms with E-state index < -0.39 is 0 Å². The van der Waals surface area contributed by atoms with Crippen LogP contribution in [0.5, 0.6) is 0 Å². The smallest absolute Gasteiger partial charge is 0.0795 e. The zero-order valence-corrected chi connectivity index (χ0v) is 10.5. The number of aromatic nitrogens is 1. The fraction of sp³-hybridized carbons (Fsp3) is 0.727. The van der Waals surface area contributed by atoms with E-state index in [1.807, 2.05) is 5.51 Å². The molecule has 0 bridgehead atoms. The lowest BCUT2D eigenvalue weighted by Gasteiger charge is -2.26. The average molecular weight is 227 g/mol. The van der Waals surface area contributed by atoms with Crippen molar-refractivity contribution in [1.29, 1.82) is 0 Å². The van der Waals surface area contributed by atoms with E-state index in [4.69, 9.17) is 5.73 Å². The summed E-state index contributed by atoms with van der Waals surface area (Å²) in [6.45, 7) is 3.86. The molecule has 0 aliphatic rings. The summed E-state index contributed by atoms with van der Waals surface area (Å²) in [4.78, 5) is 6.60. The Bertz CT molecular complexity index is 248. The van der Waals surface area contributed by atoms with Gasteiger partial charge in [-0.2, -0.15) is 0 Å². The van der Waals surface area contributed by atoms with Gasteiger partial charge in [-0.25, -0.2) is 4.98 Å². The molecule has 3 nitrogen and oxygen atoms in total. The van der Waals surface area contributed by atoms with Crippen LogP contribution in [0.4, 0.5) is 0 Å². The van der Waals surface area contributed by atoms with E-state index >= 15 is 0 Å². The lowest BCUT2D eigenvalue weighted by molar-refractivity contribution is 0.221. The zero-order valence-electron chi connectivity index (χ0n) is 9.65. The monoisotopic (exact) mass is 227 g/mol. The van der Waals surface area contributed by atoms with Crippen LogP contribution in [-0.2, 0) is 6.54 Å². The summed E-state index contributed by atoms with van der Waals surface area (Å²) in [6.07, 6.45) is 3.68. The number of nitrogens with zero attached hydrogens (tertiary/aromatic N) is 2. The molecule has 0 aromatic carbocycles. The van der Waals surface area contributed by atoms with Crippen LogP contribution in [0, 0.1) is 0 Å². The Hall–Kier alpha value is -0.450. The maximum atomic E-state index is 5.78. The molecular weight excluding hydrogens is 206 g/mol. The van der Waals surface area contributed by atoms with E-state index in [1.54, 1.807) is 11.3 Å². The molecule has 0 aliphatic carbocycles. The highest BCUT2D eigenvalue weighted by molar-refractivity contribution is 7.07. The molecule has 2 N–H and O–H groups in total. The normalized spacial score (nSPS) is 13.3. The number of unbranched alkanes of at least 4 members (excludes halogenated alkanes) is 1. The summed E-state index contributed by atoms with van der Waals surface area (Å²) in [5.41, 5.74) is 8.82. The lowest BCUT2D eigenvalue weighted by Crippen LogP contribution is -2.37. The second kappa shape index (κ2) is 6.93. The predicted molar refractivity (Wildman–Crippen MR) is 65.9 cm³/mol. The van der Waals surface area contributed by atoms with Crippen molar-refractivity contribution in [2.75, 3.05) is 13.6 Å². The highest BCUT2D eigenvalue weighted by Gasteiger charge is 2.13. The fourth-order valence-electron chi connectivity index (χ4n) is 1.66.